The maximum atomic E-state index is 12.9. The van der Waals surface area contributed by atoms with E-state index in [2.05, 4.69) is 0 Å². The molecule has 1 atom stereocenters. The van der Waals surface area contributed by atoms with E-state index < -0.39 is 22.2 Å². The first kappa shape index (κ1) is 16.7. The highest BCUT2D eigenvalue weighted by atomic mass is 32.2. The maximum absolute atomic E-state index is 12.9. The van der Waals surface area contributed by atoms with E-state index in [1.165, 1.54) is 4.31 Å². The van der Waals surface area contributed by atoms with Gasteiger partial charge >= 0.3 is 5.97 Å². The van der Waals surface area contributed by atoms with E-state index in [0.717, 1.165) is 38.5 Å². The molecule has 2 heterocycles. The zero-order chi connectivity index (χ0) is 15.3. The molecule has 0 aromatic heterocycles. The van der Waals surface area contributed by atoms with Gasteiger partial charge in [-0.25, -0.2) is 0 Å². The van der Waals surface area contributed by atoms with Gasteiger partial charge in [-0.05, 0) is 39.0 Å². The fourth-order valence-electron chi connectivity index (χ4n) is 3.08. The van der Waals surface area contributed by atoms with Crippen LogP contribution in [0, 0.1) is 0 Å². The van der Waals surface area contributed by atoms with Crippen LogP contribution in [0.25, 0.3) is 0 Å². The molecule has 0 radical (unpaired) electrons. The molecule has 0 bridgehead atoms. The van der Waals surface area contributed by atoms with E-state index in [-0.39, 0.29) is 6.61 Å². The van der Waals surface area contributed by atoms with Crippen LogP contribution in [-0.2, 0) is 19.7 Å². The molecule has 2 saturated heterocycles. The third kappa shape index (κ3) is 3.96. The van der Waals surface area contributed by atoms with E-state index in [1.807, 2.05) is 0 Å². The average molecular weight is 318 g/mol. The highest BCUT2D eigenvalue weighted by Gasteiger charge is 2.40. The summed E-state index contributed by atoms with van der Waals surface area (Å²) in [6, 6.07) is -0.646. The smallest absolute Gasteiger partial charge is 0.324 e. The number of hydrogen-bond donors (Lipinski definition) is 0. The summed E-state index contributed by atoms with van der Waals surface area (Å²) in [5.74, 6) is -0.407. The van der Waals surface area contributed by atoms with Gasteiger partial charge in [-0.3, -0.25) is 4.79 Å². The van der Waals surface area contributed by atoms with Gasteiger partial charge in [0.15, 0.2) is 0 Å². The Morgan fingerprint density at radius 2 is 1.67 bits per heavy atom. The summed E-state index contributed by atoms with van der Waals surface area (Å²) in [7, 11) is -3.56. The predicted octanol–water partition coefficient (Wildman–Crippen LogP) is 1.52. The number of ether oxygens (including phenoxy) is 1. The first-order valence-corrected chi connectivity index (χ1v) is 9.40. The SMILES string of the molecule is CCOC(=O)C1CCCCN1S(=O)(=O)N1CCCCCC1. The van der Waals surface area contributed by atoms with Crippen molar-refractivity contribution in [1.29, 1.82) is 0 Å². The Bertz CT molecular complexity index is 444. The van der Waals surface area contributed by atoms with Crippen molar-refractivity contribution in [1.82, 2.24) is 8.61 Å². The molecule has 0 spiro atoms. The van der Waals surface area contributed by atoms with Gasteiger partial charge in [0.2, 0.25) is 0 Å². The molecule has 7 heteroatoms. The Hall–Kier alpha value is -0.660. The molecule has 0 aromatic carbocycles. The summed E-state index contributed by atoms with van der Waals surface area (Å²) < 4.78 is 33.7. The summed E-state index contributed by atoms with van der Waals surface area (Å²) >= 11 is 0. The number of nitrogens with zero attached hydrogens (tertiary/aromatic N) is 2. The van der Waals surface area contributed by atoms with Crippen LogP contribution in [0.15, 0.2) is 0 Å². The zero-order valence-corrected chi connectivity index (χ0v) is 13.6. The van der Waals surface area contributed by atoms with Crippen molar-refractivity contribution >= 4 is 16.2 Å². The van der Waals surface area contributed by atoms with Crippen LogP contribution in [0.4, 0.5) is 0 Å². The number of carbonyl (C=O) groups excluding carboxylic acids is 1. The Balaban J connectivity index is 2.16. The monoisotopic (exact) mass is 318 g/mol. The van der Waals surface area contributed by atoms with Crippen LogP contribution < -0.4 is 0 Å². The van der Waals surface area contributed by atoms with Crippen molar-refractivity contribution in [3.8, 4) is 0 Å². The Morgan fingerprint density at radius 3 is 2.29 bits per heavy atom. The highest BCUT2D eigenvalue weighted by Crippen LogP contribution is 2.25. The van der Waals surface area contributed by atoms with Gasteiger partial charge in [0.05, 0.1) is 6.61 Å². The minimum atomic E-state index is -3.56. The van der Waals surface area contributed by atoms with Gasteiger partial charge in [-0.1, -0.05) is 12.8 Å². The standard InChI is InChI=1S/C14H26N2O4S/c1-2-20-14(17)13-9-5-8-12-16(13)21(18,19)15-10-6-3-4-7-11-15/h13H,2-12H2,1H3. The minimum absolute atomic E-state index is 0.285. The number of esters is 1. The third-order valence-electron chi connectivity index (χ3n) is 4.20. The molecule has 122 valence electrons. The van der Waals surface area contributed by atoms with Crippen LogP contribution >= 0.6 is 0 Å². The van der Waals surface area contributed by atoms with Crippen LogP contribution in [0.5, 0.6) is 0 Å². The van der Waals surface area contributed by atoms with E-state index in [9.17, 15) is 13.2 Å². The van der Waals surface area contributed by atoms with Crippen LogP contribution in [0.3, 0.4) is 0 Å². The summed E-state index contributed by atoms with van der Waals surface area (Å²) in [6.45, 7) is 3.58. The summed E-state index contributed by atoms with van der Waals surface area (Å²) in [4.78, 5) is 12.1. The lowest BCUT2D eigenvalue weighted by Crippen LogP contribution is -2.53. The fraction of sp³-hybridized carbons (Fsp3) is 0.929. The van der Waals surface area contributed by atoms with E-state index >= 15 is 0 Å². The largest absolute Gasteiger partial charge is 0.465 e. The Morgan fingerprint density at radius 1 is 1.05 bits per heavy atom. The van der Waals surface area contributed by atoms with E-state index in [1.54, 1.807) is 11.2 Å². The Kier molecular flexibility index (Phi) is 6.01. The molecule has 0 N–H and O–H groups in total. The van der Waals surface area contributed by atoms with Crippen LogP contribution in [0.1, 0.15) is 51.9 Å². The summed E-state index contributed by atoms with van der Waals surface area (Å²) in [5.41, 5.74) is 0. The lowest BCUT2D eigenvalue weighted by Gasteiger charge is -2.36. The number of piperidine rings is 1. The lowest BCUT2D eigenvalue weighted by atomic mass is 10.1. The average Bonchev–Trinajstić information content (AvgIpc) is 2.77. The second-order valence-electron chi connectivity index (χ2n) is 5.70. The lowest BCUT2D eigenvalue weighted by molar-refractivity contribution is -0.148. The van der Waals surface area contributed by atoms with Crippen molar-refractivity contribution in [2.24, 2.45) is 0 Å². The van der Waals surface area contributed by atoms with Crippen molar-refractivity contribution < 1.29 is 17.9 Å². The third-order valence-corrected chi connectivity index (χ3v) is 6.25. The van der Waals surface area contributed by atoms with Gasteiger partial charge in [0.1, 0.15) is 6.04 Å². The molecular weight excluding hydrogens is 292 g/mol. The molecule has 2 aliphatic heterocycles. The fourth-order valence-corrected chi connectivity index (χ4v) is 4.97. The molecule has 2 aliphatic rings. The molecule has 2 rings (SSSR count). The maximum Gasteiger partial charge on any atom is 0.324 e. The molecule has 0 saturated carbocycles. The van der Waals surface area contributed by atoms with Gasteiger partial charge in [0, 0.05) is 19.6 Å². The first-order valence-electron chi connectivity index (χ1n) is 8.01. The first-order chi connectivity index (χ1) is 10.1. The van der Waals surface area contributed by atoms with Crippen LogP contribution in [0.2, 0.25) is 0 Å². The normalized spacial score (nSPS) is 26.2. The van der Waals surface area contributed by atoms with Crippen molar-refractivity contribution in [2.75, 3.05) is 26.2 Å². The Labute approximate surface area is 127 Å². The number of carbonyl (C=O) groups is 1. The predicted molar refractivity (Wildman–Crippen MR) is 79.9 cm³/mol. The number of hydrogen-bond acceptors (Lipinski definition) is 4. The molecule has 0 aromatic rings. The molecule has 0 aliphatic carbocycles. The topological polar surface area (TPSA) is 66.9 Å². The molecule has 21 heavy (non-hydrogen) atoms. The zero-order valence-electron chi connectivity index (χ0n) is 12.8. The minimum Gasteiger partial charge on any atom is -0.465 e. The molecule has 2 fully saturated rings. The van der Waals surface area contributed by atoms with Gasteiger partial charge in [-0.2, -0.15) is 17.0 Å². The van der Waals surface area contributed by atoms with Crippen LogP contribution in [-0.4, -0.2) is 55.3 Å². The highest BCUT2D eigenvalue weighted by molar-refractivity contribution is 7.86. The summed E-state index contributed by atoms with van der Waals surface area (Å²) in [6.07, 6.45) is 6.19. The summed E-state index contributed by atoms with van der Waals surface area (Å²) in [5, 5.41) is 0. The number of rotatable bonds is 4. The van der Waals surface area contributed by atoms with Gasteiger partial charge < -0.3 is 4.74 Å². The quantitative estimate of drug-likeness (QED) is 0.737. The second-order valence-corrected chi connectivity index (χ2v) is 7.58. The molecular formula is C14H26N2O4S. The van der Waals surface area contributed by atoms with Crippen molar-refractivity contribution in [2.45, 2.75) is 57.9 Å². The van der Waals surface area contributed by atoms with Gasteiger partial charge in [0.25, 0.3) is 10.2 Å². The van der Waals surface area contributed by atoms with Crippen molar-refractivity contribution in [3.05, 3.63) is 0 Å². The van der Waals surface area contributed by atoms with Crippen molar-refractivity contribution in [3.63, 3.8) is 0 Å². The van der Waals surface area contributed by atoms with E-state index in [0.29, 0.717) is 26.1 Å². The molecule has 0 amide bonds. The van der Waals surface area contributed by atoms with Gasteiger partial charge in [-0.15, -0.1) is 0 Å². The second kappa shape index (κ2) is 7.56. The molecule has 6 nitrogen and oxygen atoms in total. The van der Waals surface area contributed by atoms with E-state index in [4.69, 9.17) is 4.74 Å². The molecule has 1 unspecified atom stereocenters.